The van der Waals surface area contributed by atoms with Crippen LogP contribution in [0.25, 0.3) is 11.5 Å². The van der Waals surface area contributed by atoms with Gasteiger partial charge < -0.3 is 8.98 Å². The Hall–Kier alpha value is -2.54. The lowest BCUT2D eigenvalue weighted by molar-refractivity contribution is -0.138. The molecule has 0 amide bonds. The third-order valence-corrected chi connectivity index (χ3v) is 3.87. The van der Waals surface area contributed by atoms with Gasteiger partial charge in [-0.15, -0.1) is 0 Å². The third kappa shape index (κ3) is 3.61. The highest BCUT2D eigenvalue weighted by atomic mass is 35.5. The molecule has 1 aromatic carbocycles. The molecule has 0 saturated heterocycles. The molecule has 0 aliphatic carbocycles. The van der Waals surface area contributed by atoms with Crippen molar-refractivity contribution in [2.75, 3.05) is 0 Å². The molecule has 3 rings (SSSR count). The molecule has 2 heterocycles. The Morgan fingerprint density at radius 1 is 1.24 bits per heavy atom. The molecule has 3 aromatic rings. The summed E-state index contributed by atoms with van der Waals surface area (Å²) < 4.78 is 45.2. The molecule has 0 atom stereocenters. The van der Waals surface area contributed by atoms with Gasteiger partial charge in [-0.2, -0.15) is 13.2 Å². The summed E-state index contributed by atoms with van der Waals surface area (Å²) in [5, 5.41) is -0.501. The van der Waals surface area contributed by atoms with Gasteiger partial charge in [-0.3, -0.25) is 4.79 Å². The fraction of sp³-hybridized carbons (Fsp3) is 0.176. The lowest BCUT2D eigenvalue weighted by atomic mass is 10.2. The van der Waals surface area contributed by atoms with E-state index in [9.17, 15) is 18.0 Å². The van der Waals surface area contributed by atoms with E-state index in [2.05, 4.69) is 4.98 Å². The number of halogens is 4. The van der Waals surface area contributed by atoms with Crippen molar-refractivity contribution in [1.82, 2.24) is 9.55 Å². The van der Waals surface area contributed by atoms with Crippen LogP contribution in [0.15, 0.2) is 51.8 Å². The number of aryl methyl sites for hydroxylation is 1. The molecule has 0 bridgehead atoms. The van der Waals surface area contributed by atoms with E-state index in [1.54, 1.807) is 19.1 Å². The van der Waals surface area contributed by atoms with Gasteiger partial charge in [-0.25, -0.2) is 4.98 Å². The first-order chi connectivity index (χ1) is 11.8. The summed E-state index contributed by atoms with van der Waals surface area (Å²) in [5.74, 6) is 0.749. The van der Waals surface area contributed by atoms with Crippen LogP contribution in [0.2, 0.25) is 5.02 Å². The summed E-state index contributed by atoms with van der Waals surface area (Å²) >= 11 is 5.65. The first-order valence-electron chi connectivity index (χ1n) is 7.24. The second-order valence-electron chi connectivity index (χ2n) is 5.40. The fourth-order valence-electron chi connectivity index (χ4n) is 2.31. The molecule has 0 aliphatic rings. The summed E-state index contributed by atoms with van der Waals surface area (Å²) in [5.41, 5.74) is -0.637. The second-order valence-corrected chi connectivity index (χ2v) is 5.80. The van der Waals surface area contributed by atoms with Gasteiger partial charge in [0.05, 0.1) is 12.1 Å². The molecule has 0 saturated carbocycles. The van der Waals surface area contributed by atoms with E-state index in [4.69, 9.17) is 16.0 Å². The molecule has 130 valence electrons. The number of alkyl halides is 3. The van der Waals surface area contributed by atoms with Crippen molar-refractivity contribution in [2.45, 2.75) is 19.6 Å². The Morgan fingerprint density at radius 2 is 1.92 bits per heavy atom. The average Bonchev–Trinajstić information content (AvgIpc) is 2.92. The second kappa shape index (κ2) is 6.40. The minimum Gasteiger partial charge on any atom is -0.441 e. The zero-order valence-corrected chi connectivity index (χ0v) is 13.7. The number of pyridine rings is 1. The van der Waals surface area contributed by atoms with E-state index in [0.29, 0.717) is 23.4 Å². The van der Waals surface area contributed by atoms with Gasteiger partial charge in [0, 0.05) is 11.8 Å². The van der Waals surface area contributed by atoms with Crippen molar-refractivity contribution in [2.24, 2.45) is 0 Å². The Labute approximate surface area is 145 Å². The van der Waals surface area contributed by atoms with Gasteiger partial charge in [-0.1, -0.05) is 29.8 Å². The smallest absolute Gasteiger partial charge is 0.417 e. The highest BCUT2D eigenvalue weighted by Gasteiger charge is 2.32. The molecular formula is C17H12ClF3N2O2. The van der Waals surface area contributed by atoms with Crippen molar-refractivity contribution >= 4 is 11.6 Å². The quantitative estimate of drug-likeness (QED) is 0.682. The SMILES string of the molecule is Cc1oc(-c2ccccc2)nc1Cn1cc(C(F)(F)F)cc(Cl)c1=O. The Bertz CT molecular complexity index is 962. The van der Waals surface area contributed by atoms with Crippen LogP contribution in [-0.2, 0) is 12.7 Å². The first-order valence-corrected chi connectivity index (χ1v) is 7.62. The van der Waals surface area contributed by atoms with Gasteiger partial charge in [0.25, 0.3) is 5.56 Å². The summed E-state index contributed by atoms with van der Waals surface area (Å²) in [4.78, 5) is 16.3. The van der Waals surface area contributed by atoms with E-state index in [1.165, 1.54) is 0 Å². The van der Waals surface area contributed by atoms with E-state index in [-0.39, 0.29) is 6.54 Å². The zero-order valence-electron chi connectivity index (χ0n) is 13.0. The van der Waals surface area contributed by atoms with Crippen LogP contribution in [0.1, 0.15) is 17.0 Å². The lowest BCUT2D eigenvalue weighted by Crippen LogP contribution is -2.23. The molecule has 0 radical (unpaired) electrons. The van der Waals surface area contributed by atoms with Crippen molar-refractivity contribution in [3.05, 3.63) is 75.0 Å². The largest absolute Gasteiger partial charge is 0.441 e. The number of nitrogens with zero attached hydrogens (tertiary/aromatic N) is 2. The Kier molecular flexibility index (Phi) is 4.43. The normalized spacial score (nSPS) is 11.7. The maximum atomic E-state index is 12.9. The van der Waals surface area contributed by atoms with Crippen molar-refractivity contribution in [3.8, 4) is 11.5 Å². The standard InChI is InChI=1S/C17H12ClF3N2O2/c1-10-14(22-15(25-10)11-5-3-2-4-6-11)9-23-8-12(17(19,20)21)7-13(18)16(23)24/h2-8H,9H2,1H3. The number of oxazole rings is 1. The van der Waals surface area contributed by atoms with Crippen molar-refractivity contribution in [1.29, 1.82) is 0 Å². The van der Waals surface area contributed by atoms with Crippen LogP contribution in [0.5, 0.6) is 0 Å². The predicted octanol–water partition coefficient (Wildman–Crippen LogP) is 4.53. The maximum absolute atomic E-state index is 12.9. The fourth-order valence-corrected chi connectivity index (χ4v) is 2.54. The number of aromatic nitrogens is 2. The number of hydrogen-bond acceptors (Lipinski definition) is 3. The lowest BCUT2D eigenvalue weighted by Gasteiger charge is -2.11. The first kappa shape index (κ1) is 17.3. The summed E-state index contributed by atoms with van der Waals surface area (Å²) in [6, 6.07) is 9.66. The monoisotopic (exact) mass is 368 g/mol. The van der Waals surface area contributed by atoms with Gasteiger partial charge >= 0.3 is 6.18 Å². The molecule has 2 aromatic heterocycles. The molecule has 0 fully saturated rings. The predicted molar refractivity (Wildman–Crippen MR) is 86.5 cm³/mol. The van der Waals surface area contributed by atoms with Crippen LogP contribution in [-0.4, -0.2) is 9.55 Å². The van der Waals surface area contributed by atoms with Crippen LogP contribution in [0.3, 0.4) is 0 Å². The van der Waals surface area contributed by atoms with E-state index in [0.717, 1.165) is 16.3 Å². The van der Waals surface area contributed by atoms with Crippen LogP contribution in [0.4, 0.5) is 13.2 Å². The van der Waals surface area contributed by atoms with Gasteiger partial charge in [-0.05, 0) is 25.1 Å². The zero-order chi connectivity index (χ0) is 18.2. The van der Waals surface area contributed by atoms with E-state index in [1.807, 2.05) is 18.2 Å². The van der Waals surface area contributed by atoms with Crippen LogP contribution < -0.4 is 5.56 Å². The summed E-state index contributed by atoms with van der Waals surface area (Å²) in [6.45, 7) is 1.46. The number of benzene rings is 1. The Morgan fingerprint density at radius 3 is 2.56 bits per heavy atom. The third-order valence-electron chi connectivity index (χ3n) is 3.60. The molecular weight excluding hydrogens is 357 g/mol. The minimum atomic E-state index is -4.60. The van der Waals surface area contributed by atoms with Gasteiger partial charge in [0.2, 0.25) is 5.89 Å². The molecule has 0 spiro atoms. The van der Waals surface area contributed by atoms with Gasteiger partial charge in [0.15, 0.2) is 0 Å². The average molecular weight is 369 g/mol. The maximum Gasteiger partial charge on any atom is 0.417 e. The molecule has 0 aliphatic heterocycles. The topological polar surface area (TPSA) is 48.0 Å². The Balaban J connectivity index is 2.00. The van der Waals surface area contributed by atoms with E-state index < -0.39 is 22.3 Å². The molecule has 25 heavy (non-hydrogen) atoms. The highest BCUT2D eigenvalue weighted by Crippen LogP contribution is 2.30. The van der Waals surface area contributed by atoms with Crippen molar-refractivity contribution < 1.29 is 17.6 Å². The minimum absolute atomic E-state index is 0.176. The van der Waals surface area contributed by atoms with Crippen molar-refractivity contribution in [3.63, 3.8) is 0 Å². The number of rotatable bonds is 3. The molecule has 4 nitrogen and oxygen atoms in total. The van der Waals surface area contributed by atoms with Crippen LogP contribution in [0, 0.1) is 6.92 Å². The molecule has 0 N–H and O–H groups in total. The van der Waals surface area contributed by atoms with Gasteiger partial charge in [0.1, 0.15) is 16.5 Å². The molecule has 8 heteroatoms. The van der Waals surface area contributed by atoms with E-state index >= 15 is 0 Å². The van der Waals surface area contributed by atoms with Crippen LogP contribution >= 0.6 is 11.6 Å². The number of hydrogen-bond donors (Lipinski definition) is 0. The summed E-state index contributed by atoms with van der Waals surface area (Å²) in [7, 11) is 0. The highest BCUT2D eigenvalue weighted by molar-refractivity contribution is 6.30. The molecule has 0 unspecified atom stereocenters. The summed E-state index contributed by atoms with van der Waals surface area (Å²) in [6.07, 6.45) is -3.88.